The second-order valence-electron chi connectivity index (χ2n) is 6.81. The number of fused-ring (bicyclic) bond motifs is 1. The van der Waals surface area contributed by atoms with Crippen LogP contribution < -0.4 is 5.32 Å². The number of hydrogen-bond acceptors (Lipinski definition) is 6. The zero-order valence-corrected chi connectivity index (χ0v) is 14.0. The lowest BCUT2D eigenvalue weighted by molar-refractivity contribution is -0.223. The Morgan fingerprint density at radius 2 is 1.83 bits per heavy atom. The molecule has 1 N–H and O–H groups in total. The third-order valence-corrected chi connectivity index (χ3v) is 4.02. The molecule has 3 fully saturated rings. The highest BCUT2D eigenvalue weighted by Gasteiger charge is 2.58. The van der Waals surface area contributed by atoms with E-state index >= 15 is 0 Å². The van der Waals surface area contributed by atoms with Crippen LogP contribution in [0.15, 0.2) is 0 Å². The van der Waals surface area contributed by atoms with E-state index in [4.69, 9.17) is 23.7 Å². The average molecular weight is 325 g/mol. The molecule has 0 radical (unpaired) electrons. The van der Waals surface area contributed by atoms with Gasteiger partial charge in [-0.15, -0.1) is 0 Å². The van der Waals surface area contributed by atoms with Crippen LogP contribution in [0.1, 0.15) is 34.6 Å². The molecule has 0 aromatic rings. The molecular formula is C16H23NO6. The number of amides is 1. The molecule has 3 aliphatic heterocycles. The molecule has 5 atom stereocenters. The summed E-state index contributed by atoms with van der Waals surface area (Å²) in [6, 6.07) is -0.419. The first-order chi connectivity index (χ1) is 10.7. The summed E-state index contributed by atoms with van der Waals surface area (Å²) in [4.78, 5) is 11.9. The molecule has 0 aliphatic carbocycles. The van der Waals surface area contributed by atoms with Gasteiger partial charge >= 0.3 is 0 Å². The van der Waals surface area contributed by atoms with E-state index < -0.39 is 36.1 Å². The van der Waals surface area contributed by atoms with E-state index in [1.165, 1.54) is 0 Å². The molecule has 128 valence electrons. The van der Waals surface area contributed by atoms with Gasteiger partial charge in [-0.2, -0.15) is 0 Å². The van der Waals surface area contributed by atoms with Crippen molar-refractivity contribution in [2.45, 2.75) is 76.8 Å². The van der Waals surface area contributed by atoms with Crippen LogP contribution in [0.3, 0.4) is 0 Å². The molecule has 23 heavy (non-hydrogen) atoms. The summed E-state index contributed by atoms with van der Waals surface area (Å²) < 4.78 is 29.1. The summed E-state index contributed by atoms with van der Waals surface area (Å²) in [5.74, 6) is 3.25. The first-order valence-electron chi connectivity index (χ1n) is 7.77. The second kappa shape index (κ2) is 5.72. The fourth-order valence-electron chi connectivity index (χ4n) is 3.19. The number of carbonyl (C=O) groups excluding carboxylic acids is 1. The molecule has 0 unspecified atom stereocenters. The smallest absolute Gasteiger partial charge is 0.296 e. The highest BCUT2D eigenvalue weighted by atomic mass is 16.8. The van der Waals surface area contributed by atoms with Crippen molar-refractivity contribution in [2.24, 2.45) is 0 Å². The van der Waals surface area contributed by atoms with Gasteiger partial charge in [0, 0.05) is 0 Å². The van der Waals surface area contributed by atoms with Crippen molar-refractivity contribution in [2.75, 3.05) is 6.61 Å². The molecule has 3 rings (SSSR count). The minimum atomic E-state index is -0.758. The SMILES string of the molecule is CC#CC(=O)N[C@@H]1[C@H]2OC(C)(C)O[C@H]2O[C@@H]1[C@H]1COC(C)(C)O1. The van der Waals surface area contributed by atoms with E-state index in [1.807, 2.05) is 27.7 Å². The van der Waals surface area contributed by atoms with Gasteiger partial charge in [-0.25, -0.2) is 0 Å². The summed E-state index contributed by atoms with van der Waals surface area (Å²) >= 11 is 0. The van der Waals surface area contributed by atoms with Crippen LogP contribution in [0.25, 0.3) is 0 Å². The Morgan fingerprint density at radius 3 is 2.43 bits per heavy atom. The quantitative estimate of drug-likeness (QED) is 0.746. The van der Waals surface area contributed by atoms with Crippen LogP contribution in [-0.4, -0.2) is 54.7 Å². The molecule has 3 aliphatic rings. The maximum atomic E-state index is 11.9. The van der Waals surface area contributed by atoms with Crippen LogP contribution >= 0.6 is 0 Å². The minimum absolute atomic E-state index is 0.314. The lowest BCUT2D eigenvalue weighted by Crippen LogP contribution is -2.52. The summed E-state index contributed by atoms with van der Waals surface area (Å²) in [6.07, 6.45) is -1.71. The van der Waals surface area contributed by atoms with Crippen LogP contribution in [0, 0.1) is 11.8 Å². The Morgan fingerprint density at radius 1 is 1.09 bits per heavy atom. The first-order valence-corrected chi connectivity index (χ1v) is 7.77. The predicted octanol–water partition coefficient (Wildman–Crippen LogP) is 0.522. The molecule has 7 heteroatoms. The van der Waals surface area contributed by atoms with Crippen molar-refractivity contribution in [3.8, 4) is 11.8 Å². The Balaban J connectivity index is 1.78. The van der Waals surface area contributed by atoms with Crippen LogP contribution in [0.2, 0.25) is 0 Å². The van der Waals surface area contributed by atoms with Crippen LogP contribution in [0.5, 0.6) is 0 Å². The van der Waals surface area contributed by atoms with Gasteiger partial charge < -0.3 is 29.0 Å². The van der Waals surface area contributed by atoms with Crippen molar-refractivity contribution in [3.63, 3.8) is 0 Å². The van der Waals surface area contributed by atoms with Gasteiger partial charge in [0.15, 0.2) is 17.9 Å². The van der Waals surface area contributed by atoms with E-state index in [2.05, 4.69) is 17.2 Å². The topological polar surface area (TPSA) is 75.3 Å². The van der Waals surface area contributed by atoms with E-state index in [1.54, 1.807) is 6.92 Å². The largest absolute Gasteiger partial charge is 0.348 e. The van der Waals surface area contributed by atoms with Crippen LogP contribution in [-0.2, 0) is 28.5 Å². The first kappa shape index (κ1) is 16.7. The normalized spacial score (nSPS) is 40.3. The Kier molecular flexibility index (Phi) is 4.15. The summed E-state index contributed by atoms with van der Waals surface area (Å²) in [5, 5.41) is 2.87. The van der Waals surface area contributed by atoms with Crippen molar-refractivity contribution in [1.29, 1.82) is 0 Å². The molecule has 1 amide bonds. The van der Waals surface area contributed by atoms with Gasteiger partial charge in [0.1, 0.15) is 18.3 Å². The van der Waals surface area contributed by atoms with Gasteiger partial charge in [0.25, 0.3) is 5.91 Å². The third-order valence-electron chi connectivity index (χ3n) is 4.02. The molecule has 3 saturated heterocycles. The van der Waals surface area contributed by atoms with Gasteiger partial charge in [-0.1, -0.05) is 5.92 Å². The summed E-state index contributed by atoms with van der Waals surface area (Å²) in [5.41, 5.74) is 0. The monoisotopic (exact) mass is 325 g/mol. The Labute approximate surface area is 135 Å². The zero-order chi connectivity index (χ0) is 16.8. The minimum Gasteiger partial charge on any atom is -0.348 e. The van der Waals surface area contributed by atoms with Crippen molar-refractivity contribution < 1.29 is 28.5 Å². The fourth-order valence-corrected chi connectivity index (χ4v) is 3.19. The van der Waals surface area contributed by atoms with Gasteiger partial charge in [0.05, 0.1) is 12.6 Å². The number of nitrogens with one attached hydrogen (secondary N) is 1. The summed E-state index contributed by atoms with van der Waals surface area (Å²) in [7, 11) is 0. The van der Waals surface area contributed by atoms with Gasteiger partial charge in [-0.3, -0.25) is 4.79 Å². The number of carbonyl (C=O) groups is 1. The fraction of sp³-hybridized carbons (Fsp3) is 0.812. The maximum absolute atomic E-state index is 11.9. The van der Waals surface area contributed by atoms with Gasteiger partial charge in [0.2, 0.25) is 0 Å². The van der Waals surface area contributed by atoms with Crippen molar-refractivity contribution in [3.05, 3.63) is 0 Å². The van der Waals surface area contributed by atoms with E-state index in [0.29, 0.717) is 6.61 Å². The second-order valence-corrected chi connectivity index (χ2v) is 6.81. The zero-order valence-electron chi connectivity index (χ0n) is 14.0. The lowest BCUT2D eigenvalue weighted by atomic mass is 10.0. The molecule has 0 spiro atoms. The highest BCUT2D eigenvalue weighted by molar-refractivity contribution is 5.93. The third kappa shape index (κ3) is 3.37. The average Bonchev–Trinajstić information content (AvgIpc) is 3.01. The van der Waals surface area contributed by atoms with E-state index in [9.17, 15) is 4.79 Å². The highest BCUT2D eigenvalue weighted by Crippen LogP contribution is 2.40. The number of ether oxygens (including phenoxy) is 5. The van der Waals surface area contributed by atoms with Gasteiger partial charge in [-0.05, 0) is 40.5 Å². The maximum Gasteiger partial charge on any atom is 0.296 e. The number of rotatable bonds is 2. The van der Waals surface area contributed by atoms with Crippen LogP contribution in [0.4, 0.5) is 0 Å². The number of hydrogen-bond donors (Lipinski definition) is 1. The molecule has 0 bridgehead atoms. The standard InChI is InChI=1S/C16H23NO6/c1-6-7-10(18)17-11-12(9-8-19-15(2,3)21-9)20-14-13(11)22-16(4,5)23-14/h9,11-14H,8H2,1-5H3,(H,17,18)/t9-,11+,12-,13-,14-/m1/s1. The predicted molar refractivity (Wildman–Crippen MR) is 79.0 cm³/mol. The lowest BCUT2D eigenvalue weighted by Gasteiger charge is -2.29. The summed E-state index contributed by atoms with van der Waals surface area (Å²) in [6.45, 7) is 9.30. The molecular weight excluding hydrogens is 302 g/mol. The molecule has 0 saturated carbocycles. The van der Waals surface area contributed by atoms with Crippen molar-refractivity contribution >= 4 is 5.91 Å². The molecule has 3 heterocycles. The molecule has 0 aromatic heterocycles. The Bertz CT molecular complexity index is 549. The van der Waals surface area contributed by atoms with E-state index in [0.717, 1.165) is 0 Å². The van der Waals surface area contributed by atoms with Crippen molar-refractivity contribution in [1.82, 2.24) is 5.32 Å². The van der Waals surface area contributed by atoms with E-state index in [-0.39, 0.29) is 12.0 Å². The molecule has 0 aromatic carbocycles. The Hall–Kier alpha value is -1.17. The molecule has 7 nitrogen and oxygen atoms in total.